The maximum atomic E-state index is 6.58. The molecule has 1 aliphatic heterocycles. The molecule has 4 rings (SSSR count). The fourth-order valence-electron chi connectivity index (χ4n) is 4.70. The molecule has 2 nitrogen and oxygen atoms in total. The van der Waals surface area contributed by atoms with Gasteiger partial charge in [0, 0.05) is 5.69 Å². The summed E-state index contributed by atoms with van der Waals surface area (Å²) in [6.07, 6.45) is 8.25. The molecule has 0 atom stereocenters. The number of fused-ring (bicyclic) bond motifs is 2. The van der Waals surface area contributed by atoms with Crippen LogP contribution in [0.1, 0.15) is 89.8 Å². The van der Waals surface area contributed by atoms with Gasteiger partial charge in [-0.05, 0) is 89.8 Å². The molecule has 1 aliphatic rings. The first-order valence-electron chi connectivity index (χ1n) is 13.4. The lowest BCUT2D eigenvalue weighted by atomic mass is 9.86. The largest absolute Gasteiger partial charge is 0.453 e. The van der Waals surface area contributed by atoms with Crippen LogP contribution in [0.5, 0.6) is 11.5 Å². The van der Waals surface area contributed by atoms with Crippen LogP contribution in [0.3, 0.4) is 0 Å². The van der Waals surface area contributed by atoms with Crippen LogP contribution in [-0.2, 0) is 11.8 Å². The lowest BCUT2D eigenvalue weighted by molar-refractivity contribution is 0.473. The molecule has 0 bridgehead atoms. The molecule has 0 saturated heterocycles. The second-order valence-corrected chi connectivity index (χ2v) is 10.9. The zero-order valence-corrected chi connectivity index (χ0v) is 22.3. The standard InChI is InChI=1S/C33H41NO/c1-7-9-11-12-24(3)26-16-20-29-31(22-26)35-32-23-27(33(4,5)6)17-21-30(32)34(29)28-18-14-25(15-19-28)13-10-8-2/h14-23H,3,7-13H2,1-2,4-6H3. The second kappa shape index (κ2) is 10.7. The molecule has 0 fully saturated rings. The molecule has 1 heterocycles. The van der Waals surface area contributed by atoms with E-state index in [-0.39, 0.29) is 5.41 Å². The van der Waals surface area contributed by atoms with Crippen LogP contribution in [0.15, 0.2) is 67.2 Å². The van der Waals surface area contributed by atoms with Gasteiger partial charge in [-0.3, -0.25) is 0 Å². The van der Waals surface area contributed by atoms with E-state index in [1.807, 2.05) is 0 Å². The Bertz CT molecular complexity index is 1170. The fourth-order valence-corrected chi connectivity index (χ4v) is 4.70. The molecule has 184 valence electrons. The van der Waals surface area contributed by atoms with Crippen molar-refractivity contribution < 1.29 is 4.74 Å². The molecule has 0 saturated carbocycles. The highest BCUT2D eigenvalue weighted by Gasteiger charge is 2.28. The van der Waals surface area contributed by atoms with Gasteiger partial charge >= 0.3 is 0 Å². The molecule has 0 amide bonds. The number of anilines is 3. The van der Waals surface area contributed by atoms with E-state index in [1.165, 1.54) is 54.4 Å². The van der Waals surface area contributed by atoms with Crippen molar-refractivity contribution in [3.05, 3.63) is 83.9 Å². The summed E-state index contributed by atoms with van der Waals surface area (Å²) in [6.45, 7) is 15.6. The van der Waals surface area contributed by atoms with Crippen molar-refractivity contribution >= 4 is 22.6 Å². The van der Waals surface area contributed by atoms with Gasteiger partial charge in [-0.15, -0.1) is 0 Å². The third kappa shape index (κ3) is 5.64. The number of aryl methyl sites for hydroxylation is 1. The molecule has 3 aromatic rings. The summed E-state index contributed by atoms with van der Waals surface area (Å²) in [5.74, 6) is 1.81. The van der Waals surface area contributed by atoms with E-state index in [2.05, 4.69) is 107 Å². The highest BCUT2D eigenvalue weighted by atomic mass is 16.5. The predicted octanol–water partition coefficient (Wildman–Crippen LogP) is 10.5. The Morgan fingerprint density at radius 3 is 2.11 bits per heavy atom. The van der Waals surface area contributed by atoms with Crippen LogP contribution in [0.4, 0.5) is 17.1 Å². The second-order valence-electron chi connectivity index (χ2n) is 10.9. The molecular formula is C33H41NO. The van der Waals surface area contributed by atoms with Crippen molar-refractivity contribution in [3.8, 4) is 11.5 Å². The summed E-state index contributed by atoms with van der Waals surface area (Å²) in [4.78, 5) is 2.34. The molecular weight excluding hydrogens is 426 g/mol. The SMILES string of the molecule is C=C(CCCCC)c1ccc2c(c1)Oc1cc(C(C)(C)C)ccc1N2c1ccc(CCCC)cc1. The summed E-state index contributed by atoms with van der Waals surface area (Å²) in [5.41, 5.74) is 8.40. The van der Waals surface area contributed by atoms with E-state index >= 15 is 0 Å². The van der Waals surface area contributed by atoms with E-state index < -0.39 is 0 Å². The van der Waals surface area contributed by atoms with Gasteiger partial charge in [-0.2, -0.15) is 0 Å². The number of nitrogens with zero attached hydrogens (tertiary/aromatic N) is 1. The number of ether oxygens (including phenoxy) is 1. The summed E-state index contributed by atoms with van der Waals surface area (Å²) in [7, 11) is 0. The summed E-state index contributed by atoms with van der Waals surface area (Å²) < 4.78 is 6.58. The van der Waals surface area contributed by atoms with Crippen LogP contribution < -0.4 is 9.64 Å². The number of hydrogen-bond donors (Lipinski definition) is 0. The van der Waals surface area contributed by atoms with Crippen molar-refractivity contribution in [3.63, 3.8) is 0 Å². The minimum atomic E-state index is 0.0554. The number of allylic oxidation sites excluding steroid dienone is 1. The molecule has 2 heteroatoms. The Kier molecular flexibility index (Phi) is 7.69. The molecule has 0 N–H and O–H groups in total. The Morgan fingerprint density at radius 1 is 0.800 bits per heavy atom. The van der Waals surface area contributed by atoms with Gasteiger partial charge in [0.05, 0.1) is 11.4 Å². The number of hydrogen-bond acceptors (Lipinski definition) is 2. The quantitative estimate of drug-likeness (QED) is 0.227. The fraction of sp³-hybridized carbons (Fsp3) is 0.394. The lowest BCUT2D eigenvalue weighted by Crippen LogP contribution is -2.18. The van der Waals surface area contributed by atoms with Gasteiger partial charge in [0.1, 0.15) is 0 Å². The predicted molar refractivity (Wildman–Crippen MR) is 152 cm³/mol. The van der Waals surface area contributed by atoms with E-state index in [0.29, 0.717) is 0 Å². The van der Waals surface area contributed by atoms with Gasteiger partial charge in [-0.1, -0.05) is 84.7 Å². The van der Waals surface area contributed by atoms with Gasteiger partial charge in [0.25, 0.3) is 0 Å². The number of benzene rings is 3. The van der Waals surface area contributed by atoms with Crippen LogP contribution in [0.25, 0.3) is 5.57 Å². The molecule has 35 heavy (non-hydrogen) atoms. The van der Waals surface area contributed by atoms with E-state index in [0.717, 1.165) is 41.4 Å². The Hall–Kier alpha value is -3.00. The van der Waals surface area contributed by atoms with Crippen molar-refractivity contribution in [2.45, 2.75) is 85.0 Å². The van der Waals surface area contributed by atoms with Gasteiger partial charge in [0.15, 0.2) is 11.5 Å². The van der Waals surface area contributed by atoms with Crippen molar-refractivity contribution in [1.82, 2.24) is 0 Å². The lowest BCUT2D eigenvalue weighted by Gasteiger charge is -2.34. The zero-order valence-electron chi connectivity index (χ0n) is 22.3. The molecule has 0 radical (unpaired) electrons. The maximum Gasteiger partial charge on any atom is 0.152 e. The van der Waals surface area contributed by atoms with Crippen molar-refractivity contribution in [1.29, 1.82) is 0 Å². The van der Waals surface area contributed by atoms with E-state index in [1.54, 1.807) is 0 Å². The smallest absolute Gasteiger partial charge is 0.152 e. The molecule has 0 spiro atoms. The van der Waals surface area contributed by atoms with Gasteiger partial charge in [-0.25, -0.2) is 0 Å². The summed E-state index contributed by atoms with van der Waals surface area (Å²) in [6, 6.07) is 22.3. The normalized spacial score (nSPS) is 12.7. The number of rotatable bonds is 9. The van der Waals surface area contributed by atoms with Crippen molar-refractivity contribution in [2.24, 2.45) is 0 Å². The average Bonchev–Trinajstić information content (AvgIpc) is 2.85. The Morgan fingerprint density at radius 2 is 1.46 bits per heavy atom. The third-order valence-electron chi connectivity index (χ3n) is 6.99. The Labute approximate surface area is 212 Å². The summed E-state index contributed by atoms with van der Waals surface area (Å²) in [5, 5.41) is 0. The first-order chi connectivity index (χ1) is 16.8. The van der Waals surface area contributed by atoms with E-state index in [4.69, 9.17) is 4.74 Å². The first kappa shape index (κ1) is 25.1. The topological polar surface area (TPSA) is 12.5 Å². The van der Waals surface area contributed by atoms with Crippen LogP contribution in [0, 0.1) is 0 Å². The Balaban J connectivity index is 1.75. The zero-order chi connectivity index (χ0) is 25.0. The van der Waals surface area contributed by atoms with E-state index in [9.17, 15) is 0 Å². The maximum absolute atomic E-state index is 6.58. The minimum Gasteiger partial charge on any atom is -0.453 e. The first-order valence-corrected chi connectivity index (χ1v) is 13.4. The highest BCUT2D eigenvalue weighted by Crippen LogP contribution is 2.51. The van der Waals surface area contributed by atoms with Gasteiger partial charge < -0.3 is 9.64 Å². The van der Waals surface area contributed by atoms with Crippen LogP contribution in [-0.4, -0.2) is 0 Å². The summed E-state index contributed by atoms with van der Waals surface area (Å²) >= 11 is 0. The molecule has 0 aromatic heterocycles. The molecule has 0 unspecified atom stereocenters. The third-order valence-corrected chi connectivity index (χ3v) is 6.99. The highest BCUT2D eigenvalue weighted by molar-refractivity contribution is 5.87. The molecule has 3 aromatic carbocycles. The van der Waals surface area contributed by atoms with Crippen LogP contribution >= 0.6 is 0 Å². The molecule has 0 aliphatic carbocycles. The number of unbranched alkanes of at least 4 members (excludes halogenated alkanes) is 3. The van der Waals surface area contributed by atoms with Crippen LogP contribution in [0.2, 0.25) is 0 Å². The minimum absolute atomic E-state index is 0.0554. The van der Waals surface area contributed by atoms with Crippen molar-refractivity contribution in [2.75, 3.05) is 4.90 Å². The monoisotopic (exact) mass is 467 g/mol. The average molecular weight is 468 g/mol. The van der Waals surface area contributed by atoms with Gasteiger partial charge in [0.2, 0.25) is 0 Å².